The molecular formula is C19H31N3O2. The summed E-state index contributed by atoms with van der Waals surface area (Å²) in [4.78, 5) is 31.6. The van der Waals surface area contributed by atoms with Crippen LogP contribution in [0.2, 0.25) is 0 Å². The largest absolute Gasteiger partial charge is 0.342 e. The van der Waals surface area contributed by atoms with Gasteiger partial charge in [0.05, 0.1) is 6.54 Å². The summed E-state index contributed by atoms with van der Waals surface area (Å²) < 4.78 is 0. The Morgan fingerprint density at radius 3 is 2.58 bits per heavy atom. The third kappa shape index (κ3) is 3.32. The van der Waals surface area contributed by atoms with Crippen LogP contribution >= 0.6 is 0 Å². The monoisotopic (exact) mass is 333 g/mol. The van der Waals surface area contributed by atoms with Crippen LogP contribution in [0.1, 0.15) is 51.4 Å². The molecule has 0 N–H and O–H groups in total. The van der Waals surface area contributed by atoms with Gasteiger partial charge < -0.3 is 9.80 Å². The van der Waals surface area contributed by atoms with Crippen molar-refractivity contribution in [3.8, 4) is 0 Å². The standard InChI is InChI=1S/C19H31N3O2/c23-18-7-5-6-17-16-10-15(12-22(17)18)11-20(13-16)14-19(24)21-8-3-1-2-4-9-21/h15-17H,1-14H2/t15?,16?,17-/m1/s1. The van der Waals surface area contributed by atoms with Crippen LogP contribution in [-0.4, -0.2) is 71.8 Å². The Balaban J connectivity index is 1.36. The highest BCUT2D eigenvalue weighted by Crippen LogP contribution is 2.37. The number of amides is 2. The van der Waals surface area contributed by atoms with Crippen LogP contribution in [0.3, 0.4) is 0 Å². The highest BCUT2D eigenvalue weighted by Gasteiger charge is 2.44. The summed E-state index contributed by atoms with van der Waals surface area (Å²) in [5, 5.41) is 0. The third-order valence-electron chi connectivity index (χ3n) is 6.57. The van der Waals surface area contributed by atoms with Gasteiger partial charge in [-0.25, -0.2) is 0 Å². The number of carbonyl (C=O) groups is 2. The zero-order valence-electron chi connectivity index (χ0n) is 14.8. The van der Waals surface area contributed by atoms with Gasteiger partial charge >= 0.3 is 0 Å². The number of likely N-dealkylation sites (tertiary alicyclic amines) is 2. The number of fused-ring (bicyclic) bond motifs is 4. The lowest BCUT2D eigenvalue weighted by molar-refractivity contribution is -0.146. The van der Waals surface area contributed by atoms with Crippen molar-refractivity contribution in [1.82, 2.24) is 14.7 Å². The number of nitrogens with zero attached hydrogens (tertiary/aromatic N) is 3. The average molecular weight is 333 g/mol. The Morgan fingerprint density at radius 1 is 1.00 bits per heavy atom. The molecule has 4 fully saturated rings. The molecule has 5 nitrogen and oxygen atoms in total. The Kier molecular flexibility index (Phi) is 4.79. The first-order valence-electron chi connectivity index (χ1n) is 10.0. The third-order valence-corrected chi connectivity index (χ3v) is 6.57. The molecule has 3 atom stereocenters. The second-order valence-corrected chi connectivity index (χ2v) is 8.36. The minimum Gasteiger partial charge on any atom is -0.342 e. The molecule has 5 heteroatoms. The molecule has 4 aliphatic heterocycles. The van der Waals surface area contributed by atoms with Gasteiger partial charge in [-0.15, -0.1) is 0 Å². The van der Waals surface area contributed by atoms with Crippen molar-refractivity contribution in [3.05, 3.63) is 0 Å². The molecule has 4 rings (SSSR count). The van der Waals surface area contributed by atoms with Gasteiger partial charge in [0.1, 0.15) is 0 Å². The van der Waals surface area contributed by atoms with E-state index in [1.165, 1.54) is 19.3 Å². The van der Waals surface area contributed by atoms with Gasteiger partial charge in [-0.1, -0.05) is 12.8 Å². The summed E-state index contributed by atoms with van der Waals surface area (Å²) in [6.45, 7) is 5.41. The first-order chi connectivity index (χ1) is 11.7. The predicted octanol–water partition coefficient (Wildman–Crippen LogP) is 1.72. The van der Waals surface area contributed by atoms with E-state index in [9.17, 15) is 9.59 Å². The maximum absolute atomic E-state index is 12.7. The smallest absolute Gasteiger partial charge is 0.236 e. The summed E-state index contributed by atoms with van der Waals surface area (Å²) >= 11 is 0. The van der Waals surface area contributed by atoms with Crippen molar-refractivity contribution in [1.29, 1.82) is 0 Å². The number of hydrogen-bond donors (Lipinski definition) is 0. The summed E-state index contributed by atoms with van der Waals surface area (Å²) in [5.74, 6) is 1.85. The lowest BCUT2D eigenvalue weighted by Crippen LogP contribution is -2.61. The molecule has 2 amide bonds. The van der Waals surface area contributed by atoms with Crippen LogP contribution in [-0.2, 0) is 9.59 Å². The zero-order valence-corrected chi connectivity index (χ0v) is 14.8. The zero-order chi connectivity index (χ0) is 16.5. The van der Waals surface area contributed by atoms with Gasteiger partial charge in [0.15, 0.2) is 0 Å². The van der Waals surface area contributed by atoms with Crippen molar-refractivity contribution in [2.45, 2.75) is 57.4 Å². The molecule has 2 bridgehead atoms. The lowest BCUT2D eigenvalue weighted by Gasteiger charge is -2.52. The molecule has 2 unspecified atom stereocenters. The van der Waals surface area contributed by atoms with E-state index in [0.717, 1.165) is 64.8 Å². The van der Waals surface area contributed by atoms with Crippen LogP contribution in [0.15, 0.2) is 0 Å². The van der Waals surface area contributed by atoms with E-state index in [1.54, 1.807) is 0 Å². The number of hydrogen-bond acceptors (Lipinski definition) is 3. The van der Waals surface area contributed by atoms with Crippen molar-refractivity contribution >= 4 is 11.8 Å². The van der Waals surface area contributed by atoms with Crippen LogP contribution in [0.5, 0.6) is 0 Å². The molecule has 4 aliphatic rings. The van der Waals surface area contributed by atoms with Crippen molar-refractivity contribution in [3.63, 3.8) is 0 Å². The summed E-state index contributed by atoms with van der Waals surface area (Å²) in [7, 11) is 0. The van der Waals surface area contributed by atoms with E-state index < -0.39 is 0 Å². The minimum atomic E-state index is 0.327. The van der Waals surface area contributed by atoms with Crippen molar-refractivity contribution < 1.29 is 9.59 Å². The summed E-state index contributed by atoms with van der Waals surface area (Å²) in [5.41, 5.74) is 0. The van der Waals surface area contributed by atoms with E-state index in [2.05, 4.69) is 14.7 Å². The molecule has 4 saturated heterocycles. The number of rotatable bonds is 2. The fourth-order valence-corrected chi connectivity index (χ4v) is 5.45. The highest BCUT2D eigenvalue weighted by molar-refractivity contribution is 5.78. The molecule has 134 valence electrons. The van der Waals surface area contributed by atoms with E-state index in [-0.39, 0.29) is 0 Å². The quantitative estimate of drug-likeness (QED) is 0.773. The Labute approximate surface area is 145 Å². The van der Waals surface area contributed by atoms with Gasteiger partial charge in [0.2, 0.25) is 11.8 Å². The SMILES string of the molecule is O=C(CN1CC2CC(C1)[C@H]1CCCC(=O)N1C2)N1CCCCCC1. The molecule has 4 heterocycles. The molecule has 0 aromatic rings. The summed E-state index contributed by atoms with van der Waals surface area (Å²) in [6, 6.07) is 0.443. The molecule has 0 saturated carbocycles. The second-order valence-electron chi connectivity index (χ2n) is 8.36. The molecular weight excluding hydrogens is 302 g/mol. The maximum Gasteiger partial charge on any atom is 0.236 e. The average Bonchev–Trinajstić information content (AvgIpc) is 2.85. The maximum atomic E-state index is 12.7. The molecule has 0 spiro atoms. The molecule has 0 aromatic heterocycles. The number of carbonyl (C=O) groups excluding carboxylic acids is 2. The molecule has 24 heavy (non-hydrogen) atoms. The number of piperidine rings is 3. The van der Waals surface area contributed by atoms with Gasteiger partial charge in [-0.2, -0.15) is 0 Å². The first kappa shape index (κ1) is 16.4. The Hall–Kier alpha value is -1.10. The van der Waals surface area contributed by atoms with Crippen molar-refractivity contribution in [2.75, 3.05) is 39.3 Å². The Morgan fingerprint density at radius 2 is 1.79 bits per heavy atom. The molecule has 0 radical (unpaired) electrons. The normalized spacial score (nSPS) is 34.7. The molecule has 0 aromatic carbocycles. The van der Waals surface area contributed by atoms with Crippen LogP contribution in [0, 0.1) is 11.8 Å². The van der Waals surface area contributed by atoms with E-state index in [1.807, 2.05) is 0 Å². The van der Waals surface area contributed by atoms with Crippen LogP contribution in [0.4, 0.5) is 0 Å². The first-order valence-corrected chi connectivity index (χ1v) is 10.0. The highest BCUT2D eigenvalue weighted by atomic mass is 16.2. The molecule has 0 aliphatic carbocycles. The lowest BCUT2D eigenvalue weighted by atomic mass is 9.76. The van der Waals surface area contributed by atoms with E-state index in [0.29, 0.717) is 36.2 Å². The van der Waals surface area contributed by atoms with Gasteiger partial charge in [0, 0.05) is 45.2 Å². The fraction of sp³-hybridized carbons (Fsp3) is 0.895. The predicted molar refractivity (Wildman–Crippen MR) is 92.4 cm³/mol. The second kappa shape index (κ2) is 7.03. The van der Waals surface area contributed by atoms with Gasteiger partial charge in [-0.05, 0) is 43.9 Å². The fourth-order valence-electron chi connectivity index (χ4n) is 5.45. The topological polar surface area (TPSA) is 43.9 Å². The van der Waals surface area contributed by atoms with Gasteiger partial charge in [-0.3, -0.25) is 14.5 Å². The Bertz CT molecular complexity index is 487. The van der Waals surface area contributed by atoms with Crippen LogP contribution < -0.4 is 0 Å². The minimum absolute atomic E-state index is 0.327. The summed E-state index contributed by atoms with van der Waals surface area (Å²) in [6.07, 6.45) is 9.07. The van der Waals surface area contributed by atoms with Crippen LogP contribution in [0.25, 0.3) is 0 Å². The van der Waals surface area contributed by atoms with Crippen molar-refractivity contribution in [2.24, 2.45) is 11.8 Å². The van der Waals surface area contributed by atoms with E-state index >= 15 is 0 Å². The van der Waals surface area contributed by atoms with Gasteiger partial charge in [0.25, 0.3) is 0 Å². The van der Waals surface area contributed by atoms with E-state index in [4.69, 9.17) is 0 Å².